The zero-order valence-corrected chi connectivity index (χ0v) is 7.03. The third-order valence-corrected chi connectivity index (χ3v) is 2.31. The fraction of sp³-hybridized carbons (Fsp3) is 1.00. The van der Waals surface area contributed by atoms with Crippen LogP contribution in [0.2, 0.25) is 0 Å². The molecule has 1 aliphatic rings. The third-order valence-electron chi connectivity index (χ3n) is 2.31. The van der Waals surface area contributed by atoms with Gasteiger partial charge >= 0.3 is 0 Å². The number of hydrogen-bond donors (Lipinski definition) is 2. The van der Waals surface area contributed by atoms with Crippen molar-refractivity contribution < 1.29 is 14.9 Å². The summed E-state index contributed by atoms with van der Waals surface area (Å²) < 4.78 is 5.04. The molecule has 4 atom stereocenters. The van der Waals surface area contributed by atoms with Crippen LogP contribution in [0.15, 0.2) is 0 Å². The quantitative estimate of drug-likeness (QED) is 0.587. The molecule has 3 heteroatoms. The molecular weight excluding hydrogens is 144 g/mol. The van der Waals surface area contributed by atoms with Crippen LogP contribution in [0.1, 0.15) is 26.7 Å². The van der Waals surface area contributed by atoms with E-state index in [2.05, 4.69) is 0 Å². The van der Waals surface area contributed by atoms with Crippen LogP contribution in [0.5, 0.6) is 0 Å². The Labute approximate surface area is 67.0 Å². The molecule has 0 radical (unpaired) electrons. The van der Waals surface area contributed by atoms with Crippen LogP contribution in [0.25, 0.3) is 0 Å². The molecule has 0 aromatic carbocycles. The molecule has 0 bridgehead atoms. The Morgan fingerprint density at radius 2 is 2.09 bits per heavy atom. The van der Waals surface area contributed by atoms with E-state index in [1.165, 1.54) is 0 Å². The highest BCUT2D eigenvalue weighted by Gasteiger charge is 2.33. The minimum absolute atomic E-state index is 0.0679. The lowest BCUT2D eigenvalue weighted by Crippen LogP contribution is -2.43. The van der Waals surface area contributed by atoms with Crippen LogP contribution < -0.4 is 0 Å². The van der Waals surface area contributed by atoms with E-state index >= 15 is 0 Å². The summed E-state index contributed by atoms with van der Waals surface area (Å²) in [6.07, 6.45) is 0.124. The van der Waals surface area contributed by atoms with Gasteiger partial charge in [0.25, 0.3) is 0 Å². The minimum Gasteiger partial charge on any atom is -0.388 e. The molecule has 1 heterocycles. The summed E-state index contributed by atoms with van der Waals surface area (Å²) in [7, 11) is 0. The summed E-state index contributed by atoms with van der Waals surface area (Å²) in [6.45, 7) is 3.93. The molecule has 0 aliphatic carbocycles. The second-order valence-corrected chi connectivity index (χ2v) is 3.23. The molecule has 1 aliphatic heterocycles. The van der Waals surface area contributed by atoms with Crippen LogP contribution in [0, 0.1) is 5.92 Å². The summed E-state index contributed by atoms with van der Waals surface area (Å²) in [4.78, 5) is 0. The maximum atomic E-state index is 9.38. The van der Waals surface area contributed by atoms with E-state index in [-0.39, 0.29) is 12.0 Å². The van der Waals surface area contributed by atoms with E-state index in [9.17, 15) is 10.2 Å². The van der Waals surface area contributed by atoms with Crippen LogP contribution in [0.3, 0.4) is 0 Å². The zero-order chi connectivity index (χ0) is 8.43. The molecule has 66 valence electrons. The maximum absolute atomic E-state index is 9.38. The van der Waals surface area contributed by atoms with Gasteiger partial charge in [-0.1, -0.05) is 13.3 Å². The second-order valence-electron chi connectivity index (χ2n) is 3.23. The van der Waals surface area contributed by atoms with Gasteiger partial charge in [0.05, 0.1) is 6.10 Å². The first-order valence-electron chi connectivity index (χ1n) is 4.16. The van der Waals surface area contributed by atoms with E-state index in [1.807, 2.05) is 13.8 Å². The highest BCUT2D eigenvalue weighted by atomic mass is 16.6. The second kappa shape index (κ2) is 3.52. The van der Waals surface area contributed by atoms with Gasteiger partial charge < -0.3 is 14.9 Å². The van der Waals surface area contributed by atoms with Crippen molar-refractivity contribution in [3.63, 3.8) is 0 Å². The van der Waals surface area contributed by atoms with Crippen molar-refractivity contribution in [3.05, 3.63) is 0 Å². The van der Waals surface area contributed by atoms with E-state index in [0.29, 0.717) is 0 Å². The van der Waals surface area contributed by atoms with Crippen molar-refractivity contribution in [2.75, 3.05) is 0 Å². The highest BCUT2D eigenvalue weighted by Crippen LogP contribution is 2.26. The standard InChI is InChI=1S/C8H16O3/c1-3-6-4-5(2)11-8(10)7(6)9/h5-10H,3-4H2,1-2H3/t5-,6?,7-,8-/m1/s1. The normalized spacial score (nSPS) is 45.8. The maximum Gasteiger partial charge on any atom is 0.181 e. The first-order chi connectivity index (χ1) is 5.15. The number of aliphatic hydroxyl groups is 2. The van der Waals surface area contributed by atoms with Crippen molar-refractivity contribution in [1.82, 2.24) is 0 Å². The van der Waals surface area contributed by atoms with Crippen LogP contribution in [-0.2, 0) is 4.74 Å². The third kappa shape index (κ3) is 1.92. The topological polar surface area (TPSA) is 49.7 Å². The van der Waals surface area contributed by atoms with Gasteiger partial charge in [-0.25, -0.2) is 0 Å². The fourth-order valence-corrected chi connectivity index (χ4v) is 1.58. The number of rotatable bonds is 1. The Hall–Kier alpha value is -0.120. The summed E-state index contributed by atoms with van der Waals surface area (Å²) in [5, 5.41) is 18.6. The average Bonchev–Trinajstić information content (AvgIpc) is 1.96. The zero-order valence-electron chi connectivity index (χ0n) is 7.03. The molecular formula is C8H16O3. The van der Waals surface area contributed by atoms with Crippen molar-refractivity contribution in [2.45, 2.75) is 45.2 Å². The van der Waals surface area contributed by atoms with Gasteiger partial charge in [0, 0.05) is 0 Å². The number of ether oxygens (including phenoxy) is 1. The van der Waals surface area contributed by atoms with E-state index in [1.54, 1.807) is 0 Å². The molecule has 1 saturated heterocycles. The Balaban J connectivity index is 2.51. The molecule has 0 saturated carbocycles. The van der Waals surface area contributed by atoms with Crippen molar-refractivity contribution in [1.29, 1.82) is 0 Å². The molecule has 0 aromatic heterocycles. The summed E-state index contributed by atoms with van der Waals surface area (Å²) in [5.41, 5.74) is 0. The minimum atomic E-state index is -0.983. The van der Waals surface area contributed by atoms with Gasteiger partial charge in [-0.05, 0) is 19.3 Å². The lowest BCUT2D eigenvalue weighted by atomic mass is 9.90. The first kappa shape index (κ1) is 8.97. The molecule has 0 aromatic rings. The average molecular weight is 160 g/mol. The molecule has 1 unspecified atom stereocenters. The number of aliphatic hydroxyl groups excluding tert-OH is 2. The molecule has 1 rings (SSSR count). The Kier molecular flexibility index (Phi) is 2.87. The fourth-order valence-electron chi connectivity index (χ4n) is 1.58. The van der Waals surface area contributed by atoms with E-state index in [0.717, 1.165) is 12.8 Å². The largest absolute Gasteiger partial charge is 0.388 e. The summed E-state index contributed by atoms with van der Waals surface area (Å²) in [5.74, 6) is 0.189. The van der Waals surface area contributed by atoms with Crippen molar-refractivity contribution in [2.24, 2.45) is 5.92 Å². The van der Waals surface area contributed by atoms with Gasteiger partial charge in [-0.15, -0.1) is 0 Å². The predicted molar refractivity (Wildman–Crippen MR) is 41.0 cm³/mol. The number of hydrogen-bond acceptors (Lipinski definition) is 3. The predicted octanol–water partition coefficient (Wildman–Crippen LogP) is 0.501. The molecule has 0 amide bonds. The van der Waals surface area contributed by atoms with Gasteiger partial charge in [0.1, 0.15) is 6.10 Å². The lowest BCUT2D eigenvalue weighted by molar-refractivity contribution is -0.230. The van der Waals surface area contributed by atoms with Gasteiger partial charge in [0.2, 0.25) is 0 Å². The van der Waals surface area contributed by atoms with E-state index in [4.69, 9.17) is 4.74 Å². The van der Waals surface area contributed by atoms with Gasteiger partial charge in [-0.2, -0.15) is 0 Å². The Morgan fingerprint density at radius 1 is 1.45 bits per heavy atom. The van der Waals surface area contributed by atoms with E-state index < -0.39 is 12.4 Å². The monoisotopic (exact) mass is 160 g/mol. The molecule has 0 spiro atoms. The molecule has 3 nitrogen and oxygen atoms in total. The van der Waals surface area contributed by atoms with Crippen molar-refractivity contribution in [3.8, 4) is 0 Å². The molecule has 1 fully saturated rings. The molecule has 2 N–H and O–H groups in total. The summed E-state index contributed by atoms with van der Waals surface area (Å²) >= 11 is 0. The van der Waals surface area contributed by atoms with Gasteiger partial charge in [-0.3, -0.25) is 0 Å². The highest BCUT2D eigenvalue weighted by molar-refractivity contribution is 4.77. The van der Waals surface area contributed by atoms with Crippen LogP contribution in [0.4, 0.5) is 0 Å². The molecule has 11 heavy (non-hydrogen) atoms. The van der Waals surface area contributed by atoms with Crippen molar-refractivity contribution >= 4 is 0 Å². The SMILES string of the molecule is CCC1C[C@@H](C)O[C@@H](O)[C@@H]1O. The van der Waals surface area contributed by atoms with Crippen LogP contribution in [-0.4, -0.2) is 28.7 Å². The van der Waals surface area contributed by atoms with Crippen LogP contribution >= 0.6 is 0 Å². The smallest absolute Gasteiger partial charge is 0.181 e. The Bertz CT molecular complexity index is 127. The van der Waals surface area contributed by atoms with Gasteiger partial charge in [0.15, 0.2) is 6.29 Å². The first-order valence-corrected chi connectivity index (χ1v) is 4.16. The Morgan fingerprint density at radius 3 is 2.64 bits per heavy atom. The summed E-state index contributed by atoms with van der Waals surface area (Å²) in [6, 6.07) is 0. The lowest BCUT2D eigenvalue weighted by Gasteiger charge is -2.35.